The predicted molar refractivity (Wildman–Crippen MR) is 110 cm³/mol. The summed E-state index contributed by atoms with van der Waals surface area (Å²) in [6.45, 7) is 13.4. The van der Waals surface area contributed by atoms with Crippen LogP contribution >= 0.6 is 12.4 Å². The van der Waals surface area contributed by atoms with E-state index in [9.17, 15) is 0 Å². The molecular weight excluding hydrogens is 346 g/mol. The monoisotopic (exact) mass is 379 g/mol. The second-order valence-corrected chi connectivity index (χ2v) is 7.38. The Morgan fingerprint density at radius 3 is 2.50 bits per heavy atom. The molecule has 1 atom stereocenters. The van der Waals surface area contributed by atoms with Gasteiger partial charge in [-0.1, -0.05) is 20.3 Å². The molecule has 3 heterocycles. The third-order valence-corrected chi connectivity index (χ3v) is 5.52. The maximum absolute atomic E-state index is 4.76. The van der Waals surface area contributed by atoms with Gasteiger partial charge in [-0.3, -0.25) is 4.68 Å². The molecule has 26 heavy (non-hydrogen) atoms. The molecule has 3 rings (SSSR count). The van der Waals surface area contributed by atoms with Crippen molar-refractivity contribution in [3.8, 4) is 11.3 Å². The van der Waals surface area contributed by atoms with Crippen molar-refractivity contribution in [2.45, 2.75) is 72.4 Å². The lowest BCUT2D eigenvalue weighted by Gasteiger charge is -2.31. The first-order valence-electron chi connectivity index (χ1n) is 9.94. The molecule has 0 aromatic carbocycles. The summed E-state index contributed by atoms with van der Waals surface area (Å²) in [4.78, 5) is 7.13. The number of imidazole rings is 1. The molecule has 6 heteroatoms. The zero-order chi connectivity index (χ0) is 17.8. The average Bonchev–Trinajstić information content (AvgIpc) is 3.19. The van der Waals surface area contributed by atoms with E-state index in [1.54, 1.807) is 0 Å². The Bertz CT molecular complexity index is 684. The summed E-state index contributed by atoms with van der Waals surface area (Å²) in [6, 6.07) is 0.476. The molecule has 1 saturated heterocycles. The van der Waals surface area contributed by atoms with E-state index in [-0.39, 0.29) is 12.4 Å². The molecule has 0 spiro atoms. The Labute approximate surface area is 164 Å². The van der Waals surface area contributed by atoms with Gasteiger partial charge in [0.2, 0.25) is 0 Å². The highest BCUT2D eigenvalue weighted by molar-refractivity contribution is 5.85. The van der Waals surface area contributed by atoms with E-state index in [2.05, 4.69) is 46.8 Å². The number of piperidine rings is 1. The number of hydrogen-bond donors (Lipinski definition) is 0. The van der Waals surface area contributed by atoms with Crippen LogP contribution in [0.15, 0.2) is 12.5 Å². The van der Waals surface area contributed by atoms with Crippen molar-refractivity contribution in [2.24, 2.45) is 0 Å². The van der Waals surface area contributed by atoms with Crippen LogP contribution < -0.4 is 0 Å². The molecule has 1 aliphatic heterocycles. The van der Waals surface area contributed by atoms with Crippen LogP contribution in [-0.2, 0) is 6.54 Å². The molecule has 0 bridgehead atoms. The maximum Gasteiger partial charge on any atom is 0.0954 e. The number of aryl methyl sites for hydroxylation is 2. The van der Waals surface area contributed by atoms with Gasteiger partial charge >= 0.3 is 0 Å². The fourth-order valence-electron chi connectivity index (χ4n) is 4.14. The second-order valence-electron chi connectivity index (χ2n) is 7.38. The van der Waals surface area contributed by atoms with E-state index in [1.807, 2.05) is 12.5 Å². The Balaban J connectivity index is 0.00000243. The SMILES string of the molecule is CCCn1nc(C)c(-c2cncn2C(CC)CN2CCCCC2)c1C.Cl. The van der Waals surface area contributed by atoms with E-state index in [0.29, 0.717) is 6.04 Å². The first-order chi connectivity index (χ1) is 12.2. The predicted octanol–water partition coefficient (Wildman–Crippen LogP) is 4.63. The highest BCUT2D eigenvalue weighted by atomic mass is 35.5. The van der Waals surface area contributed by atoms with Gasteiger partial charge in [-0.2, -0.15) is 5.10 Å². The molecular formula is C20H34ClN5. The van der Waals surface area contributed by atoms with Gasteiger partial charge in [-0.15, -0.1) is 12.4 Å². The molecule has 2 aromatic heterocycles. The molecule has 0 saturated carbocycles. The van der Waals surface area contributed by atoms with Crippen LogP contribution in [0.5, 0.6) is 0 Å². The quantitative estimate of drug-likeness (QED) is 0.703. The molecule has 1 fully saturated rings. The lowest BCUT2D eigenvalue weighted by atomic mass is 10.1. The molecule has 146 valence electrons. The standard InChI is InChI=1S/C20H33N5.ClH/c1-5-10-25-17(4)20(16(3)22-25)19-13-21-15-24(19)18(6-2)14-23-11-8-7-9-12-23;/h13,15,18H,5-12,14H2,1-4H3;1H. The van der Waals surface area contributed by atoms with Crippen molar-refractivity contribution in [3.05, 3.63) is 23.9 Å². The van der Waals surface area contributed by atoms with Crippen molar-refractivity contribution in [2.75, 3.05) is 19.6 Å². The largest absolute Gasteiger partial charge is 0.326 e. The molecule has 1 unspecified atom stereocenters. The third-order valence-electron chi connectivity index (χ3n) is 5.52. The third kappa shape index (κ3) is 4.32. The van der Waals surface area contributed by atoms with Crippen LogP contribution in [0.3, 0.4) is 0 Å². The van der Waals surface area contributed by atoms with Gasteiger partial charge in [-0.05, 0) is 52.6 Å². The molecule has 2 aromatic rings. The Morgan fingerprint density at radius 1 is 1.12 bits per heavy atom. The minimum absolute atomic E-state index is 0. The zero-order valence-electron chi connectivity index (χ0n) is 16.7. The Morgan fingerprint density at radius 2 is 1.85 bits per heavy atom. The van der Waals surface area contributed by atoms with E-state index < -0.39 is 0 Å². The molecule has 0 N–H and O–H groups in total. The summed E-state index contributed by atoms with van der Waals surface area (Å²) in [7, 11) is 0. The van der Waals surface area contributed by atoms with Crippen molar-refractivity contribution < 1.29 is 0 Å². The van der Waals surface area contributed by atoms with Crippen molar-refractivity contribution >= 4 is 12.4 Å². The van der Waals surface area contributed by atoms with Crippen LogP contribution in [0, 0.1) is 13.8 Å². The van der Waals surface area contributed by atoms with Crippen molar-refractivity contribution in [3.63, 3.8) is 0 Å². The van der Waals surface area contributed by atoms with Crippen LogP contribution in [0.4, 0.5) is 0 Å². The number of halogens is 1. The first-order valence-corrected chi connectivity index (χ1v) is 9.94. The summed E-state index contributed by atoms with van der Waals surface area (Å²) < 4.78 is 4.54. The Hall–Kier alpha value is -1.33. The van der Waals surface area contributed by atoms with Crippen molar-refractivity contribution in [1.82, 2.24) is 24.2 Å². The van der Waals surface area contributed by atoms with Gasteiger partial charge in [-0.25, -0.2) is 4.98 Å². The Kier molecular flexibility index (Phi) is 7.71. The zero-order valence-corrected chi connectivity index (χ0v) is 17.6. The first kappa shape index (κ1) is 21.0. The summed E-state index contributed by atoms with van der Waals surface area (Å²) in [6.07, 6.45) is 10.3. The molecule has 0 radical (unpaired) electrons. The highest BCUT2D eigenvalue weighted by Crippen LogP contribution is 2.30. The van der Waals surface area contributed by atoms with Gasteiger partial charge < -0.3 is 9.47 Å². The van der Waals surface area contributed by atoms with Gasteiger partial charge in [0.1, 0.15) is 0 Å². The van der Waals surface area contributed by atoms with Gasteiger partial charge in [0.25, 0.3) is 0 Å². The number of aromatic nitrogens is 4. The van der Waals surface area contributed by atoms with Crippen molar-refractivity contribution in [1.29, 1.82) is 0 Å². The van der Waals surface area contributed by atoms with Gasteiger partial charge in [0.15, 0.2) is 0 Å². The molecule has 0 amide bonds. The smallest absolute Gasteiger partial charge is 0.0954 e. The number of likely N-dealkylation sites (tertiary alicyclic amines) is 1. The van der Waals surface area contributed by atoms with Crippen LogP contribution in [-0.4, -0.2) is 43.9 Å². The molecule has 5 nitrogen and oxygen atoms in total. The van der Waals surface area contributed by atoms with Crippen LogP contribution in [0.2, 0.25) is 0 Å². The summed E-state index contributed by atoms with van der Waals surface area (Å²) >= 11 is 0. The topological polar surface area (TPSA) is 38.9 Å². The van der Waals surface area contributed by atoms with Gasteiger partial charge in [0.05, 0.1) is 23.9 Å². The number of hydrogen-bond acceptors (Lipinski definition) is 3. The average molecular weight is 380 g/mol. The van der Waals surface area contributed by atoms with E-state index in [0.717, 1.165) is 31.6 Å². The summed E-state index contributed by atoms with van der Waals surface area (Å²) in [5.41, 5.74) is 4.86. The fraction of sp³-hybridized carbons (Fsp3) is 0.700. The van der Waals surface area contributed by atoms with Crippen LogP contribution in [0.25, 0.3) is 11.3 Å². The fourth-order valence-corrected chi connectivity index (χ4v) is 4.14. The van der Waals surface area contributed by atoms with E-state index in [4.69, 9.17) is 5.10 Å². The maximum atomic E-state index is 4.76. The number of nitrogens with zero attached hydrogens (tertiary/aromatic N) is 5. The van der Waals surface area contributed by atoms with Gasteiger partial charge in [0, 0.05) is 30.4 Å². The minimum atomic E-state index is 0. The molecule has 1 aliphatic rings. The van der Waals surface area contributed by atoms with E-state index in [1.165, 1.54) is 49.3 Å². The lowest BCUT2D eigenvalue weighted by molar-refractivity contribution is 0.194. The minimum Gasteiger partial charge on any atom is -0.326 e. The highest BCUT2D eigenvalue weighted by Gasteiger charge is 2.22. The lowest BCUT2D eigenvalue weighted by Crippen LogP contribution is -2.35. The number of rotatable bonds is 7. The van der Waals surface area contributed by atoms with E-state index >= 15 is 0 Å². The second kappa shape index (κ2) is 9.56. The van der Waals surface area contributed by atoms with Crippen LogP contribution in [0.1, 0.15) is 63.4 Å². The normalized spacial score (nSPS) is 16.5. The molecule has 0 aliphatic carbocycles. The summed E-state index contributed by atoms with van der Waals surface area (Å²) in [5, 5.41) is 4.76. The summed E-state index contributed by atoms with van der Waals surface area (Å²) in [5.74, 6) is 0.